The van der Waals surface area contributed by atoms with Crippen LogP contribution in [0.4, 0.5) is 0 Å². The first-order valence-electron chi connectivity index (χ1n) is 10.8. The number of likely N-dealkylation sites (N-methyl/N-ethyl adjacent to an activating group) is 1. The SMILES string of the molecule is CCCN(CC)CCN=C(NCC)N1CCC(C(=O)N2CCOCC2)CC1.I. The second-order valence-corrected chi connectivity index (χ2v) is 7.37. The highest BCUT2D eigenvalue weighted by Gasteiger charge is 2.30. The largest absolute Gasteiger partial charge is 0.378 e. The fourth-order valence-corrected chi connectivity index (χ4v) is 3.85. The Hall–Kier alpha value is -0.610. The van der Waals surface area contributed by atoms with Gasteiger partial charge in [0.1, 0.15) is 0 Å². The number of hydrogen-bond acceptors (Lipinski definition) is 4. The number of carbonyl (C=O) groups is 1. The van der Waals surface area contributed by atoms with Crippen molar-refractivity contribution in [3.8, 4) is 0 Å². The molecule has 0 aromatic carbocycles. The van der Waals surface area contributed by atoms with Gasteiger partial charge >= 0.3 is 0 Å². The van der Waals surface area contributed by atoms with Crippen LogP contribution >= 0.6 is 24.0 Å². The van der Waals surface area contributed by atoms with E-state index in [0.29, 0.717) is 19.1 Å². The molecule has 28 heavy (non-hydrogen) atoms. The summed E-state index contributed by atoms with van der Waals surface area (Å²) in [6, 6.07) is 0. The van der Waals surface area contributed by atoms with Crippen molar-refractivity contribution in [1.29, 1.82) is 0 Å². The number of guanidine groups is 1. The van der Waals surface area contributed by atoms with Crippen LogP contribution in [-0.2, 0) is 9.53 Å². The molecule has 0 aromatic rings. The van der Waals surface area contributed by atoms with Gasteiger partial charge in [-0.15, -0.1) is 24.0 Å². The average molecular weight is 509 g/mol. The number of piperidine rings is 1. The summed E-state index contributed by atoms with van der Waals surface area (Å²) >= 11 is 0. The van der Waals surface area contributed by atoms with Gasteiger partial charge in [-0.25, -0.2) is 0 Å². The molecule has 2 rings (SSSR count). The number of rotatable bonds is 8. The number of nitrogens with zero attached hydrogens (tertiary/aromatic N) is 4. The minimum atomic E-state index is 0. The summed E-state index contributed by atoms with van der Waals surface area (Å²) in [4.78, 5) is 24.3. The summed E-state index contributed by atoms with van der Waals surface area (Å²) in [5.41, 5.74) is 0. The van der Waals surface area contributed by atoms with Crippen LogP contribution in [-0.4, -0.2) is 98.7 Å². The number of morpholine rings is 1. The van der Waals surface area contributed by atoms with Crippen LogP contribution < -0.4 is 5.32 Å². The molecule has 2 heterocycles. The molecule has 0 spiro atoms. The van der Waals surface area contributed by atoms with Crippen LogP contribution in [0.15, 0.2) is 4.99 Å². The lowest BCUT2D eigenvalue weighted by atomic mass is 9.95. The number of aliphatic imine (C=N–C) groups is 1. The van der Waals surface area contributed by atoms with Gasteiger partial charge < -0.3 is 24.8 Å². The molecule has 2 aliphatic rings. The van der Waals surface area contributed by atoms with Crippen LogP contribution in [0, 0.1) is 5.92 Å². The van der Waals surface area contributed by atoms with Crippen LogP contribution in [0.25, 0.3) is 0 Å². The number of hydrogen-bond donors (Lipinski definition) is 1. The Morgan fingerprint density at radius 2 is 1.75 bits per heavy atom. The molecule has 2 saturated heterocycles. The summed E-state index contributed by atoms with van der Waals surface area (Å²) in [6.07, 6.45) is 3.01. The van der Waals surface area contributed by atoms with Gasteiger partial charge in [0.25, 0.3) is 0 Å². The third-order valence-electron chi connectivity index (χ3n) is 5.47. The lowest BCUT2D eigenvalue weighted by Gasteiger charge is -2.36. The number of carbonyl (C=O) groups excluding carboxylic acids is 1. The van der Waals surface area contributed by atoms with E-state index in [9.17, 15) is 4.79 Å². The fraction of sp³-hybridized carbons (Fsp3) is 0.900. The number of ether oxygens (including phenoxy) is 1. The van der Waals surface area contributed by atoms with Gasteiger partial charge in [-0.3, -0.25) is 9.79 Å². The molecule has 0 bridgehead atoms. The predicted octanol–water partition coefficient (Wildman–Crippen LogP) is 1.87. The number of likely N-dealkylation sites (tertiary alicyclic amines) is 1. The second kappa shape index (κ2) is 14.4. The maximum absolute atomic E-state index is 12.7. The van der Waals surface area contributed by atoms with Gasteiger partial charge in [0, 0.05) is 45.2 Å². The Morgan fingerprint density at radius 3 is 2.32 bits per heavy atom. The van der Waals surface area contributed by atoms with E-state index >= 15 is 0 Å². The monoisotopic (exact) mass is 509 g/mol. The number of nitrogens with one attached hydrogen (secondary N) is 1. The van der Waals surface area contributed by atoms with Crippen LogP contribution in [0.3, 0.4) is 0 Å². The van der Waals surface area contributed by atoms with Crippen molar-refractivity contribution in [2.45, 2.75) is 40.0 Å². The van der Waals surface area contributed by atoms with E-state index in [0.717, 1.165) is 77.7 Å². The molecular formula is C20H40IN5O2. The minimum Gasteiger partial charge on any atom is -0.378 e. The molecule has 0 saturated carbocycles. The van der Waals surface area contributed by atoms with E-state index in [4.69, 9.17) is 9.73 Å². The lowest BCUT2D eigenvalue weighted by Crippen LogP contribution is -2.50. The van der Waals surface area contributed by atoms with Crippen molar-refractivity contribution in [1.82, 2.24) is 20.0 Å². The molecule has 0 unspecified atom stereocenters. The highest BCUT2D eigenvalue weighted by molar-refractivity contribution is 14.0. The maximum atomic E-state index is 12.7. The summed E-state index contributed by atoms with van der Waals surface area (Å²) < 4.78 is 5.36. The van der Waals surface area contributed by atoms with E-state index in [1.54, 1.807) is 0 Å². The van der Waals surface area contributed by atoms with E-state index in [-0.39, 0.29) is 29.9 Å². The molecule has 0 atom stereocenters. The van der Waals surface area contributed by atoms with Gasteiger partial charge in [-0.05, 0) is 39.3 Å². The van der Waals surface area contributed by atoms with Crippen LogP contribution in [0.1, 0.15) is 40.0 Å². The Bertz CT molecular complexity index is 464. The maximum Gasteiger partial charge on any atom is 0.225 e. The molecule has 8 heteroatoms. The second-order valence-electron chi connectivity index (χ2n) is 7.37. The van der Waals surface area contributed by atoms with Crippen molar-refractivity contribution in [3.05, 3.63) is 0 Å². The summed E-state index contributed by atoms with van der Waals surface area (Å²) in [5.74, 6) is 1.47. The average Bonchev–Trinajstić information content (AvgIpc) is 2.72. The van der Waals surface area contributed by atoms with Crippen LogP contribution in [0.5, 0.6) is 0 Å². The minimum absolute atomic E-state index is 0. The molecule has 2 aliphatic heterocycles. The molecule has 2 fully saturated rings. The summed E-state index contributed by atoms with van der Waals surface area (Å²) in [5, 5.41) is 3.43. The quantitative estimate of drug-likeness (QED) is 0.308. The molecule has 164 valence electrons. The molecule has 1 N–H and O–H groups in total. The first-order valence-corrected chi connectivity index (χ1v) is 10.8. The number of halogens is 1. The molecule has 0 aromatic heterocycles. The zero-order chi connectivity index (χ0) is 19.5. The van der Waals surface area contributed by atoms with Gasteiger partial charge in [0.15, 0.2) is 5.96 Å². The first-order chi connectivity index (χ1) is 13.2. The van der Waals surface area contributed by atoms with Gasteiger partial charge in [0.2, 0.25) is 5.91 Å². The van der Waals surface area contributed by atoms with E-state index in [2.05, 4.69) is 35.9 Å². The van der Waals surface area contributed by atoms with E-state index < -0.39 is 0 Å². The van der Waals surface area contributed by atoms with Crippen molar-refractivity contribution in [2.24, 2.45) is 10.9 Å². The van der Waals surface area contributed by atoms with E-state index in [1.165, 1.54) is 6.42 Å². The predicted molar refractivity (Wildman–Crippen MR) is 125 cm³/mol. The Balaban J connectivity index is 0.00000392. The Labute approximate surface area is 188 Å². The van der Waals surface area contributed by atoms with E-state index in [1.807, 2.05) is 4.90 Å². The van der Waals surface area contributed by atoms with Gasteiger partial charge in [0.05, 0.1) is 19.8 Å². The summed E-state index contributed by atoms with van der Waals surface area (Å²) in [7, 11) is 0. The Kier molecular flexibility index (Phi) is 13.1. The third kappa shape index (κ3) is 8.02. The van der Waals surface area contributed by atoms with Crippen molar-refractivity contribution in [3.63, 3.8) is 0 Å². The van der Waals surface area contributed by atoms with Crippen molar-refractivity contribution in [2.75, 3.05) is 72.1 Å². The highest BCUT2D eigenvalue weighted by atomic mass is 127. The molecule has 7 nitrogen and oxygen atoms in total. The fourth-order valence-electron chi connectivity index (χ4n) is 3.85. The zero-order valence-corrected chi connectivity index (χ0v) is 20.3. The van der Waals surface area contributed by atoms with Crippen LogP contribution in [0.2, 0.25) is 0 Å². The molecule has 0 aliphatic carbocycles. The van der Waals surface area contributed by atoms with Gasteiger partial charge in [-0.1, -0.05) is 13.8 Å². The first kappa shape index (κ1) is 25.4. The smallest absolute Gasteiger partial charge is 0.225 e. The lowest BCUT2D eigenvalue weighted by molar-refractivity contribution is -0.140. The number of amides is 1. The topological polar surface area (TPSA) is 60.4 Å². The van der Waals surface area contributed by atoms with Crippen molar-refractivity contribution < 1.29 is 9.53 Å². The van der Waals surface area contributed by atoms with Crippen molar-refractivity contribution >= 4 is 35.8 Å². The standard InChI is InChI=1S/C20H39N5O2.HI/c1-4-10-23(6-3)13-9-22-20(21-5-2)25-11-7-18(8-12-25)19(26)24-14-16-27-17-15-24;/h18H,4-17H2,1-3H3,(H,21,22);1H. The summed E-state index contributed by atoms with van der Waals surface area (Å²) in [6.45, 7) is 16.1. The molecule has 0 radical (unpaired) electrons. The Morgan fingerprint density at radius 1 is 1.07 bits per heavy atom. The molecular weight excluding hydrogens is 469 g/mol. The normalized spacial score (nSPS) is 18.9. The van der Waals surface area contributed by atoms with Gasteiger partial charge in [-0.2, -0.15) is 0 Å². The third-order valence-corrected chi connectivity index (χ3v) is 5.47. The molecule has 1 amide bonds. The zero-order valence-electron chi connectivity index (χ0n) is 18.0. The highest BCUT2D eigenvalue weighted by Crippen LogP contribution is 2.20.